The zero-order valence-electron chi connectivity index (χ0n) is 10.1. The van der Waals surface area contributed by atoms with Crippen LogP contribution < -0.4 is 0 Å². The van der Waals surface area contributed by atoms with Crippen molar-refractivity contribution >= 4 is 17.6 Å². The molecule has 0 atom stereocenters. The number of halogens is 4. The topological polar surface area (TPSA) is 55.1 Å². The third kappa shape index (κ3) is 2.49. The van der Waals surface area contributed by atoms with Gasteiger partial charge in [0.05, 0.1) is 5.69 Å². The molecule has 8 heteroatoms. The average Bonchev–Trinajstić information content (AvgIpc) is 2.66. The van der Waals surface area contributed by atoms with Crippen molar-refractivity contribution in [3.63, 3.8) is 0 Å². The third-order valence-corrected chi connectivity index (χ3v) is 2.91. The fourth-order valence-corrected chi connectivity index (χ4v) is 2.02. The quantitative estimate of drug-likeness (QED) is 0.923. The summed E-state index contributed by atoms with van der Waals surface area (Å²) >= 11 is 5.74. The molecule has 0 aliphatic carbocycles. The molecule has 1 aromatic carbocycles. The minimum Gasteiger partial charge on any atom is -0.478 e. The maximum absolute atomic E-state index is 12.8. The smallest absolute Gasteiger partial charge is 0.436 e. The number of rotatable bonds is 2. The second-order valence-corrected chi connectivity index (χ2v) is 4.43. The molecular weight excluding hydrogens is 297 g/mol. The van der Waals surface area contributed by atoms with E-state index in [4.69, 9.17) is 16.7 Å². The van der Waals surface area contributed by atoms with Crippen molar-refractivity contribution in [2.45, 2.75) is 13.1 Å². The number of aromatic carboxylic acids is 1. The van der Waals surface area contributed by atoms with E-state index in [2.05, 4.69) is 5.10 Å². The molecule has 1 heterocycles. The van der Waals surface area contributed by atoms with Crippen LogP contribution in [0, 0.1) is 6.92 Å². The highest BCUT2D eigenvalue weighted by Crippen LogP contribution is 2.35. The number of carbonyl (C=O) groups is 1. The summed E-state index contributed by atoms with van der Waals surface area (Å²) in [4.78, 5) is 11.0. The van der Waals surface area contributed by atoms with Gasteiger partial charge in [0.1, 0.15) is 10.7 Å². The largest absolute Gasteiger partial charge is 0.478 e. The van der Waals surface area contributed by atoms with Gasteiger partial charge < -0.3 is 5.11 Å². The standard InChI is InChI=1S/C12H8ClF3N2O2/c1-6-3-2-4-7(5-6)18-10(13)8(11(19)20)9(17-18)12(14,15)16/h2-5H,1H3,(H,19,20). The van der Waals surface area contributed by atoms with E-state index in [-0.39, 0.29) is 5.69 Å². The number of aryl methyl sites for hydroxylation is 1. The van der Waals surface area contributed by atoms with Crippen LogP contribution in [0.1, 0.15) is 21.6 Å². The molecule has 0 saturated carbocycles. The highest BCUT2D eigenvalue weighted by atomic mass is 35.5. The van der Waals surface area contributed by atoms with Crippen LogP contribution in [0.3, 0.4) is 0 Å². The Morgan fingerprint density at radius 3 is 2.50 bits per heavy atom. The number of aromatic nitrogens is 2. The SMILES string of the molecule is Cc1cccc(-n2nc(C(F)(F)F)c(C(=O)O)c2Cl)c1. The molecule has 0 aliphatic rings. The van der Waals surface area contributed by atoms with Crippen molar-refractivity contribution in [3.8, 4) is 5.69 Å². The number of benzene rings is 1. The highest BCUT2D eigenvalue weighted by Gasteiger charge is 2.41. The van der Waals surface area contributed by atoms with E-state index in [0.717, 1.165) is 10.2 Å². The first-order chi connectivity index (χ1) is 9.21. The monoisotopic (exact) mass is 304 g/mol. The van der Waals surface area contributed by atoms with Crippen LogP contribution in [0.4, 0.5) is 13.2 Å². The summed E-state index contributed by atoms with van der Waals surface area (Å²) in [6.07, 6.45) is -4.90. The van der Waals surface area contributed by atoms with E-state index in [1.165, 1.54) is 6.07 Å². The van der Waals surface area contributed by atoms with Gasteiger partial charge in [-0.15, -0.1) is 0 Å². The molecule has 106 valence electrons. The van der Waals surface area contributed by atoms with Crippen LogP contribution in [-0.2, 0) is 6.18 Å². The summed E-state index contributed by atoms with van der Waals surface area (Å²) in [5, 5.41) is 11.6. The number of hydrogen-bond donors (Lipinski definition) is 1. The first kappa shape index (κ1) is 14.4. The van der Waals surface area contributed by atoms with E-state index in [1.807, 2.05) is 0 Å². The van der Waals surface area contributed by atoms with E-state index in [9.17, 15) is 18.0 Å². The van der Waals surface area contributed by atoms with Crippen LogP contribution >= 0.6 is 11.6 Å². The van der Waals surface area contributed by atoms with Gasteiger partial charge in [-0.25, -0.2) is 9.48 Å². The summed E-state index contributed by atoms with van der Waals surface area (Å²) < 4.78 is 39.2. The predicted octanol–water partition coefficient (Wildman–Crippen LogP) is 3.55. The van der Waals surface area contributed by atoms with Crippen LogP contribution in [-0.4, -0.2) is 20.9 Å². The fourth-order valence-electron chi connectivity index (χ4n) is 1.72. The Balaban J connectivity index is 2.71. The Kier molecular flexibility index (Phi) is 3.47. The number of hydrogen-bond acceptors (Lipinski definition) is 2. The van der Waals surface area contributed by atoms with Gasteiger partial charge in [-0.2, -0.15) is 18.3 Å². The number of nitrogens with zero attached hydrogens (tertiary/aromatic N) is 2. The zero-order valence-corrected chi connectivity index (χ0v) is 10.8. The fraction of sp³-hybridized carbons (Fsp3) is 0.167. The minimum atomic E-state index is -4.90. The van der Waals surface area contributed by atoms with Crippen molar-refractivity contribution in [3.05, 3.63) is 46.2 Å². The molecule has 0 aliphatic heterocycles. The molecule has 0 spiro atoms. The third-order valence-electron chi connectivity index (χ3n) is 2.56. The van der Waals surface area contributed by atoms with Crippen molar-refractivity contribution in [2.24, 2.45) is 0 Å². The Morgan fingerprint density at radius 1 is 1.40 bits per heavy atom. The van der Waals surface area contributed by atoms with E-state index in [0.29, 0.717) is 0 Å². The van der Waals surface area contributed by atoms with Crippen molar-refractivity contribution < 1.29 is 23.1 Å². The lowest BCUT2D eigenvalue weighted by molar-refractivity contribution is -0.141. The first-order valence-electron chi connectivity index (χ1n) is 5.38. The minimum absolute atomic E-state index is 0.257. The molecule has 0 unspecified atom stereocenters. The van der Waals surface area contributed by atoms with Crippen LogP contribution in [0.25, 0.3) is 5.69 Å². The molecule has 2 aromatic rings. The summed E-state index contributed by atoms with van der Waals surface area (Å²) in [5.41, 5.74) is -1.54. The molecule has 0 fully saturated rings. The molecule has 0 bridgehead atoms. The summed E-state index contributed by atoms with van der Waals surface area (Å²) in [7, 11) is 0. The molecule has 1 N–H and O–H groups in total. The van der Waals surface area contributed by atoms with Crippen LogP contribution in [0.15, 0.2) is 24.3 Å². The summed E-state index contributed by atoms with van der Waals surface area (Å²) in [6.45, 7) is 1.74. The number of carboxylic acid groups (broad SMARTS) is 1. The molecule has 0 saturated heterocycles. The molecule has 0 amide bonds. The van der Waals surface area contributed by atoms with Gasteiger partial charge in [0.2, 0.25) is 0 Å². The second-order valence-electron chi connectivity index (χ2n) is 4.07. The van der Waals surface area contributed by atoms with Crippen molar-refractivity contribution in [2.75, 3.05) is 0 Å². The lowest BCUT2D eigenvalue weighted by atomic mass is 10.2. The Hall–Kier alpha value is -2.02. The number of alkyl halides is 3. The van der Waals surface area contributed by atoms with Gasteiger partial charge in [0.15, 0.2) is 5.69 Å². The van der Waals surface area contributed by atoms with Gasteiger partial charge in [0, 0.05) is 0 Å². The Labute approximate surface area is 116 Å². The molecule has 2 rings (SSSR count). The molecule has 0 radical (unpaired) electrons. The van der Waals surface area contributed by atoms with E-state index in [1.54, 1.807) is 25.1 Å². The normalized spacial score (nSPS) is 11.7. The number of carboxylic acids is 1. The molecule has 1 aromatic heterocycles. The summed E-state index contributed by atoms with van der Waals surface area (Å²) in [5.74, 6) is -1.78. The first-order valence-corrected chi connectivity index (χ1v) is 5.75. The van der Waals surface area contributed by atoms with Gasteiger partial charge >= 0.3 is 12.1 Å². The van der Waals surface area contributed by atoms with E-state index >= 15 is 0 Å². The van der Waals surface area contributed by atoms with Gasteiger partial charge in [-0.1, -0.05) is 23.7 Å². The molecular formula is C12H8ClF3N2O2. The molecule has 20 heavy (non-hydrogen) atoms. The second kappa shape index (κ2) is 4.82. The van der Waals surface area contributed by atoms with E-state index < -0.39 is 28.6 Å². The van der Waals surface area contributed by atoms with Gasteiger partial charge in [-0.05, 0) is 24.6 Å². The summed E-state index contributed by atoms with van der Waals surface area (Å²) in [6, 6.07) is 6.38. The predicted molar refractivity (Wildman–Crippen MR) is 65.3 cm³/mol. The Morgan fingerprint density at radius 2 is 2.05 bits per heavy atom. The van der Waals surface area contributed by atoms with Crippen LogP contribution in [0.2, 0.25) is 5.15 Å². The lowest BCUT2D eigenvalue weighted by Gasteiger charge is -2.04. The molecule has 4 nitrogen and oxygen atoms in total. The average molecular weight is 305 g/mol. The maximum Gasteiger partial charge on any atom is 0.436 e. The lowest BCUT2D eigenvalue weighted by Crippen LogP contribution is -2.12. The highest BCUT2D eigenvalue weighted by molar-refractivity contribution is 6.33. The Bertz CT molecular complexity index is 680. The van der Waals surface area contributed by atoms with Crippen molar-refractivity contribution in [1.82, 2.24) is 9.78 Å². The maximum atomic E-state index is 12.8. The zero-order chi connectivity index (χ0) is 15.1. The van der Waals surface area contributed by atoms with Crippen LogP contribution in [0.5, 0.6) is 0 Å². The van der Waals surface area contributed by atoms with Gasteiger partial charge in [-0.3, -0.25) is 0 Å². The van der Waals surface area contributed by atoms with Crippen molar-refractivity contribution in [1.29, 1.82) is 0 Å². The van der Waals surface area contributed by atoms with Gasteiger partial charge in [0.25, 0.3) is 0 Å².